The average molecular weight is 688 g/mol. The highest BCUT2D eigenvalue weighted by Gasteiger charge is 2.38. The largest absolute Gasteiger partial charge is 0.490 e. The fourth-order valence-electron chi connectivity index (χ4n) is 7.34. The molecular formula is C40H50FN3O6. The number of pyridine rings is 1. The first-order valence-corrected chi connectivity index (χ1v) is 17.7. The molecule has 0 aliphatic carbocycles. The Labute approximate surface area is 294 Å². The minimum atomic E-state index is -1.30. The first-order chi connectivity index (χ1) is 23.6. The molecule has 1 unspecified atom stereocenters. The van der Waals surface area contributed by atoms with Crippen LogP contribution in [0.3, 0.4) is 0 Å². The van der Waals surface area contributed by atoms with Crippen LogP contribution in [0.15, 0.2) is 48.7 Å². The van der Waals surface area contributed by atoms with Crippen LogP contribution in [0.4, 0.5) is 10.2 Å². The first-order valence-electron chi connectivity index (χ1n) is 17.7. The van der Waals surface area contributed by atoms with Crippen LogP contribution in [-0.2, 0) is 14.3 Å². The number of benzene rings is 2. The average Bonchev–Trinajstić information content (AvgIpc) is 3.48. The van der Waals surface area contributed by atoms with Crippen LogP contribution in [0.5, 0.6) is 5.75 Å². The van der Waals surface area contributed by atoms with Crippen molar-refractivity contribution in [1.82, 2.24) is 9.38 Å². The Kier molecular flexibility index (Phi) is 10.0. The molecule has 6 bridgehead atoms. The number of hydrogen-bond donors (Lipinski definition) is 2. The number of aromatic nitrogens is 2. The van der Waals surface area contributed by atoms with E-state index in [-0.39, 0.29) is 17.5 Å². The van der Waals surface area contributed by atoms with Gasteiger partial charge in [0.25, 0.3) is 0 Å². The smallest absolute Gasteiger partial charge is 0.337 e. The summed E-state index contributed by atoms with van der Waals surface area (Å²) in [5.41, 5.74) is 3.93. The number of halogens is 1. The molecule has 2 aromatic heterocycles. The molecule has 0 amide bonds. The van der Waals surface area contributed by atoms with Crippen molar-refractivity contribution in [3.8, 4) is 28.1 Å². The van der Waals surface area contributed by atoms with Gasteiger partial charge in [0.2, 0.25) is 0 Å². The molecule has 5 heterocycles. The highest BCUT2D eigenvalue weighted by molar-refractivity contribution is 5.82. The molecule has 1 fully saturated rings. The number of fused-ring (bicyclic) bond motifs is 8. The zero-order valence-corrected chi connectivity index (χ0v) is 30.3. The highest BCUT2D eigenvalue weighted by atomic mass is 19.1. The van der Waals surface area contributed by atoms with Gasteiger partial charge in [-0.15, -0.1) is 0 Å². The molecule has 7 rings (SSSR count). The predicted molar refractivity (Wildman–Crippen MR) is 192 cm³/mol. The number of aliphatic hydroxyl groups excluding tert-OH is 1. The molecule has 3 aliphatic heterocycles. The van der Waals surface area contributed by atoms with E-state index >= 15 is 0 Å². The number of piperidine rings is 1. The van der Waals surface area contributed by atoms with Crippen molar-refractivity contribution in [2.75, 3.05) is 24.6 Å². The van der Waals surface area contributed by atoms with Gasteiger partial charge in [-0.1, -0.05) is 18.2 Å². The first kappa shape index (κ1) is 35.8. The molecule has 2 N–H and O–H groups in total. The van der Waals surface area contributed by atoms with E-state index in [1.165, 1.54) is 12.1 Å². The third-order valence-corrected chi connectivity index (χ3v) is 9.91. The van der Waals surface area contributed by atoms with E-state index in [4.69, 9.17) is 19.2 Å². The monoisotopic (exact) mass is 687 g/mol. The summed E-state index contributed by atoms with van der Waals surface area (Å²) < 4.78 is 35.8. The van der Waals surface area contributed by atoms with Crippen molar-refractivity contribution in [1.29, 1.82) is 0 Å². The van der Waals surface area contributed by atoms with Gasteiger partial charge >= 0.3 is 5.97 Å². The van der Waals surface area contributed by atoms with Crippen molar-refractivity contribution in [2.45, 2.75) is 110 Å². The quantitative estimate of drug-likeness (QED) is 0.220. The second kappa shape index (κ2) is 14.0. The summed E-state index contributed by atoms with van der Waals surface area (Å²) in [7, 11) is 0. The van der Waals surface area contributed by atoms with E-state index < -0.39 is 23.8 Å². The summed E-state index contributed by atoms with van der Waals surface area (Å²) in [6.45, 7) is 15.1. The molecule has 9 nitrogen and oxygen atoms in total. The molecule has 2 aromatic carbocycles. The van der Waals surface area contributed by atoms with Crippen molar-refractivity contribution in [3.05, 3.63) is 71.2 Å². The lowest BCUT2D eigenvalue weighted by atomic mass is 9.91. The summed E-state index contributed by atoms with van der Waals surface area (Å²) in [6.07, 6.45) is 3.73. The normalized spacial score (nSPS) is 21.5. The van der Waals surface area contributed by atoms with Crippen LogP contribution in [-0.4, -0.2) is 62.6 Å². The van der Waals surface area contributed by atoms with Crippen molar-refractivity contribution >= 4 is 17.4 Å². The Morgan fingerprint density at radius 3 is 2.50 bits per heavy atom. The number of carboxylic acids is 1. The standard InChI is InChI=1S/C40H50FN3O6/c1-24-11-8-9-20-48-40(7)16-18-43(19-17-40)37-34(35(38(46)47)50-39(4,5)6)25(2)33(26(3)45)36-42-31(23-44(36)37)28-13-10-12-27(21-28)30-22-29(41)14-15-32(30)49-24/h10,12-15,21-24,26,35,45H,8-9,11,16-20H2,1-7H3,(H,46,47)/t24-,26?,35-/m0/s1. The molecule has 0 saturated carbocycles. The van der Waals surface area contributed by atoms with Crippen LogP contribution in [0.2, 0.25) is 0 Å². The van der Waals surface area contributed by atoms with Crippen molar-refractivity contribution in [3.63, 3.8) is 0 Å². The third-order valence-electron chi connectivity index (χ3n) is 9.91. The number of nitrogens with zero attached hydrogens (tertiary/aromatic N) is 3. The van der Waals surface area contributed by atoms with Gasteiger partial charge in [-0.3, -0.25) is 4.40 Å². The van der Waals surface area contributed by atoms with Crippen LogP contribution < -0.4 is 9.64 Å². The Balaban J connectivity index is 1.61. The number of aliphatic carboxylic acids is 1. The summed E-state index contributed by atoms with van der Waals surface area (Å²) >= 11 is 0. The summed E-state index contributed by atoms with van der Waals surface area (Å²) in [4.78, 5) is 20.4. The molecule has 10 heteroatoms. The number of imidazole rings is 1. The number of ether oxygens (including phenoxy) is 3. The van der Waals surface area contributed by atoms with Gasteiger partial charge in [0, 0.05) is 48.1 Å². The molecule has 4 aromatic rings. The van der Waals surface area contributed by atoms with Crippen molar-refractivity contribution in [2.24, 2.45) is 0 Å². The third kappa shape index (κ3) is 7.38. The lowest BCUT2D eigenvalue weighted by Gasteiger charge is -2.42. The molecular weight excluding hydrogens is 637 g/mol. The van der Waals surface area contributed by atoms with Gasteiger partial charge in [-0.05, 0) is 116 Å². The zero-order valence-electron chi connectivity index (χ0n) is 30.3. The zero-order chi connectivity index (χ0) is 36.0. The maximum absolute atomic E-state index is 14.7. The van der Waals surface area contributed by atoms with Gasteiger partial charge in [-0.2, -0.15) is 0 Å². The Bertz CT molecular complexity index is 1870. The van der Waals surface area contributed by atoms with Gasteiger partial charge in [0.1, 0.15) is 23.0 Å². The summed E-state index contributed by atoms with van der Waals surface area (Å²) in [5.74, 6) is -0.184. The SMILES string of the molecule is Cc1c([C@H](OC(C)(C)C)C(=O)O)c2n3cc(nc3c1C(C)O)-c1cccc(c1)-c1cc(F)ccc1O[C@@H](C)CCCCOC1(C)CCN2CC1. The van der Waals surface area contributed by atoms with E-state index in [2.05, 4.69) is 11.8 Å². The number of carboxylic acid groups (broad SMARTS) is 1. The lowest BCUT2D eigenvalue weighted by molar-refractivity contribution is -0.160. The number of aliphatic hydroxyl groups is 1. The Morgan fingerprint density at radius 1 is 1.10 bits per heavy atom. The van der Waals surface area contributed by atoms with E-state index in [1.54, 1.807) is 13.0 Å². The van der Waals surface area contributed by atoms with E-state index in [1.807, 2.05) is 69.5 Å². The number of anilines is 1. The highest BCUT2D eigenvalue weighted by Crippen LogP contribution is 2.43. The predicted octanol–water partition coefficient (Wildman–Crippen LogP) is 8.44. The summed E-state index contributed by atoms with van der Waals surface area (Å²) in [5, 5.41) is 21.9. The van der Waals surface area contributed by atoms with Gasteiger partial charge in [0.05, 0.1) is 29.1 Å². The number of carbonyl (C=O) groups is 1. The Hall–Kier alpha value is -3.99. The minimum absolute atomic E-state index is 0.0723. The molecule has 268 valence electrons. The fraction of sp³-hybridized carbons (Fsp3) is 0.500. The number of hydrogen-bond acceptors (Lipinski definition) is 7. The van der Waals surface area contributed by atoms with Gasteiger partial charge < -0.3 is 29.3 Å². The minimum Gasteiger partial charge on any atom is -0.490 e. The molecule has 50 heavy (non-hydrogen) atoms. The molecule has 3 atom stereocenters. The van der Waals surface area contributed by atoms with E-state index in [0.29, 0.717) is 64.9 Å². The van der Waals surface area contributed by atoms with Gasteiger partial charge in [0.15, 0.2) is 6.10 Å². The molecule has 1 saturated heterocycles. The van der Waals surface area contributed by atoms with Gasteiger partial charge in [-0.25, -0.2) is 14.2 Å². The maximum atomic E-state index is 14.7. The topological polar surface area (TPSA) is 106 Å². The van der Waals surface area contributed by atoms with E-state index in [9.17, 15) is 19.4 Å². The second-order valence-electron chi connectivity index (χ2n) is 15.2. The Morgan fingerprint density at radius 2 is 1.82 bits per heavy atom. The van der Waals surface area contributed by atoms with E-state index in [0.717, 1.165) is 43.2 Å². The molecule has 0 radical (unpaired) electrons. The molecule has 3 aliphatic rings. The summed E-state index contributed by atoms with van der Waals surface area (Å²) in [6, 6.07) is 12.3. The number of rotatable bonds is 4. The van der Waals surface area contributed by atoms with Crippen LogP contribution >= 0.6 is 0 Å². The fourth-order valence-corrected chi connectivity index (χ4v) is 7.34. The van der Waals surface area contributed by atoms with Crippen LogP contribution in [0.25, 0.3) is 28.0 Å². The molecule has 0 spiro atoms. The maximum Gasteiger partial charge on any atom is 0.337 e. The van der Waals surface area contributed by atoms with Crippen LogP contribution in [0.1, 0.15) is 103 Å². The van der Waals surface area contributed by atoms with Crippen LogP contribution in [0, 0.1) is 12.7 Å². The lowest BCUT2D eigenvalue weighted by Crippen LogP contribution is -2.45. The van der Waals surface area contributed by atoms with Crippen molar-refractivity contribution < 1.29 is 33.6 Å². The second-order valence-corrected chi connectivity index (χ2v) is 15.2.